The second-order valence-electron chi connectivity index (χ2n) is 8.62. The largest absolute Gasteiger partial charge is 0.503 e. The van der Waals surface area contributed by atoms with Crippen LogP contribution in [0.5, 0.6) is 11.6 Å². The van der Waals surface area contributed by atoms with E-state index in [4.69, 9.17) is 5.73 Å². The lowest BCUT2D eigenvalue weighted by atomic mass is 9.76. The zero-order valence-electron chi connectivity index (χ0n) is 20.1. The van der Waals surface area contributed by atoms with E-state index in [0.717, 1.165) is 29.7 Å². The number of ketones is 1. The Balaban J connectivity index is 1.96. The number of halogens is 1. The molecule has 0 aromatic carbocycles. The highest BCUT2D eigenvalue weighted by Gasteiger charge is 2.43. The Bertz CT molecular complexity index is 1390. The molecule has 0 saturated heterocycles. The first-order valence-electron chi connectivity index (χ1n) is 11.4. The van der Waals surface area contributed by atoms with Gasteiger partial charge in [-0.25, -0.2) is 15.0 Å². The van der Waals surface area contributed by atoms with Gasteiger partial charge >= 0.3 is 0 Å². The summed E-state index contributed by atoms with van der Waals surface area (Å²) in [6.07, 6.45) is 2.46. The van der Waals surface area contributed by atoms with Crippen molar-refractivity contribution in [1.29, 1.82) is 0 Å². The van der Waals surface area contributed by atoms with Crippen molar-refractivity contribution in [2.45, 2.75) is 29.8 Å². The normalized spacial score (nSPS) is 20.0. The lowest BCUT2D eigenvalue weighted by Crippen LogP contribution is -2.35. The molecule has 0 spiro atoms. The highest BCUT2D eigenvalue weighted by molar-refractivity contribution is 14.1. The molecule has 0 radical (unpaired) electrons. The number of carbonyl (C=O) groups is 1. The first-order chi connectivity index (χ1) is 18.1. The molecule has 14 nitrogen and oxygen atoms in total. The molecule has 3 rings (SSSR count). The van der Waals surface area contributed by atoms with Crippen LogP contribution in [0.2, 0.25) is 0 Å². The van der Waals surface area contributed by atoms with Gasteiger partial charge in [0.15, 0.2) is 15.4 Å². The Hall–Kier alpha value is -1.52. The van der Waals surface area contributed by atoms with Gasteiger partial charge in [-0.05, 0) is 12.8 Å². The van der Waals surface area contributed by atoms with Crippen LogP contribution in [0.15, 0.2) is 12.3 Å². The Labute approximate surface area is 247 Å². The Morgan fingerprint density at radius 1 is 0.974 bits per heavy atom. The smallest absolute Gasteiger partial charge is 0.265 e. The van der Waals surface area contributed by atoms with Crippen LogP contribution in [0, 0.1) is 15.7 Å². The number of nitrogens with two attached hydrogens (primary N) is 1. The lowest BCUT2D eigenvalue weighted by molar-refractivity contribution is -0.129. The van der Waals surface area contributed by atoms with Crippen molar-refractivity contribution in [3.63, 3.8) is 0 Å². The lowest BCUT2D eigenvalue weighted by Gasteiger charge is -2.35. The third-order valence-electron chi connectivity index (χ3n) is 5.84. The fourth-order valence-electron chi connectivity index (χ4n) is 4.17. The quantitative estimate of drug-likeness (QED) is 0.119. The van der Waals surface area contributed by atoms with Gasteiger partial charge in [0.2, 0.25) is 5.88 Å². The van der Waals surface area contributed by atoms with Crippen LogP contribution in [-0.2, 0) is 25.0 Å². The number of thioether (sulfide) groups is 2. The molecule has 1 aliphatic carbocycles. The molecular formula is C20H26IN5O9S4. The highest BCUT2D eigenvalue weighted by atomic mass is 127. The summed E-state index contributed by atoms with van der Waals surface area (Å²) in [4.78, 5) is 30.4. The summed E-state index contributed by atoms with van der Waals surface area (Å²) in [5.74, 6) is -3.70. The maximum atomic E-state index is 14.0. The molecule has 1 aliphatic rings. The number of rotatable bonds is 12. The number of carbonyl (C=O) groups excluding carboxylic acids is 1. The summed E-state index contributed by atoms with van der Waals surface area (Å²) < 4.78 is 63.9. The molecular weight excluding hydrogens is 709 g/mol. The SMILES string of the molecule is Nc1nc(C(SCCS(=O)(=O)O)C2CCCC(C(SCCS(=O)(=O)O)c3cc(O)nc(I)n3)C2=O)ncc1O. The van der Waals surface area contributed by atoms with Gasteiger partial charge in [0, 0.05) is 52.0 Å². The van der Waals surface area contributed by atoms with Gasteiger partial charge in [0.1, 0.15) is 11.6 Å². The van der Waals surface area contributed by atoms with Gasteiger partial charge in [0.05, 0.1) is 33.9 Å². The molecule has 19 heteroatoms. The molecule has 1 fully saturated rings. The van der Waals surface area contributed by atoms with Crippen molar-refractivity contribution in [3.05, 3.63) is 27.6 Å². The van der Waals surface area contributed by atoms with Crippen LogP contribution >= 0.6 is 46.1 Å². The van der Waals surface area contributed by atoms with E-state index in [0.29, 0.717) is 25.0 Å². The predicted octanol–water partition coefficient (Wildman–Crippen LogP) is 1.87. The molecule has 2 aromatic heterocycles. The molecule has 0 bridgehead atoms. The molecule has 2 aromatic rings. The van der Waals surface area contributed by atoms with E-state index in [-0.39, 0.29) is 44.4 Å². The van der Waals surface area contributed by atoms with Crippen LogP contribution in [0.25, 0.3) is 0 Å². The maximum Gasteiger partial charge on any atom is 0.265 e. The zero-order chi connectivity index (χ0) is 29.0. The maximum absolute atomic E-state index is 14.0. The van der Waals surface area contributed by atoms with Crippen molar-refractivity contribution < 1.29 is 40.9 Å². The number of aromatic hydroxyl groups is 2. The predicted molar refractivity (Wildman–Crippen MR) is 154 cm³/mol. The molecule has 4 atom stereocenters. The third-order valence-corrected chi connectivity index (χ3v) is 11.0. The van der Waals surface area contributed by atoms with Gasteiger partial charge in [0.25, 0.3) is 20.2 Å². The molecule has 216 valence electrons. The molecule has 0 aliphatic heterocycles. The molecule has 2 heterocycles. The number of nitrogens with zero attached hydrogens (tertiary/aromatic N) is 4. The Morgan fingerprint density at radius 3 is 2.08 bits per heavy atom. The van der Waals surface area contributed by atoms with Crippen molar-refractivity contribution in [2.24, 2.45) is 11.8 Å². The first-order valence-corrected chi connectivity index (χ1v) is 17.8. The van der Waals surface area contributed by atoms with Gasteiger partial charge < -0.3 is 15.9 Å². The van der Waals surface area contributed by atoms with Crippen LogP contribution < -0.4 is 5.73 Å². The fourth-order valence-corrected chi connectivity index (χ4v) is 9.21. The van der Waals surface area contributed by atoms with Gasteiger partial charge in [-0.3, -0.25) is 13.9 Å². The van der Waals surface area contributed by atoms with E-state index in [1.54, 1.807) is 22.6 Å². The molecule has 4 unspecified atom stereocenters. The number of hydrogen-bond acceptors (Lipinski definition) is 14. The minimum atomic E-state index is -4.27. The summed E-state index contributed by atoms with van der Waals surface area (Å²) in [6.45, 7) is 0. The van der Waals surface area contributed by atoms with Gasteiger partial charge in [-0.2, -0.15) is 33.6 Å². The molecule has 1 saturated carbocycles. The summed E-state index contributed by atoms with van der Waals surface area (Å²) in [5, 5.41) is 18.4. The zero-order valence-corrected chi connectivity index (χ0v) is 25.5. The van der Waals surface area contributed by atoms with E-state index < -0.39 is 54.1 Å². The summed E-state index contributed by atoms with van der Waals surface area (Å²) >= 11 is 3.96. The van der Waals surface area contributed by atoms with Crippen molar-refractivity contribution >= 4 is 78.0 Å². The van der Waals surface area contributed by atoms with Crippen LogP contribution in [0.3, 0.4) is 0 Å². The minimum Gasteiger partial charge on any atom is -0.503 e. The van der Waals surface area contributed by atoms with Crippen molar-refractivity contribution in [1.82, 2.24) is 19.9 Å². The average molecular weight is 736 g/mol. The van der Waals surface area contributed by atoms with Crippen molar-refractivity contribution in [3.8, 4) is 11.6 Å². The second-order valence-corrected chi connectivity index (χ2v) is 15.2. The standard InChI is InChI=1S/C20H26IN5O9S4/c21-20-24-12(8-14(28)25-20)16(36-4-6-38(30,31)32)10-2-1-3-11(15(10)29)17(37-5-7-39(33,34)35)19-23-9-13(27)18(22)26-19/h8-11,16-17,27H,1-7H2,(H2,22,23,26)(H,24,25,28)(H,30,31,32)(H,33,34,35). The summed E-state index contributed by atoms with van der Waals surface area (Å²) in [7, 11) is -8.54. The molecule has 6 N–H and O–H groups in total. The Kier molecular flexibility index (Phi) is 11.0. The van der Waals surface area contributed by atoms with E-state index >= 15 is 0 Å². The number of Topliss-reactive ketones (excluding diaryl/α,β-unsaturated/α-hetero) is 1. The van der Waals surface area contributed by atoms with E-state index in [9.17, 15) is 40.9 Å². The van der Waals surface area contributed by atoms with Crippen LogP contribution in [0.4, 0.5) is 5.82 Å². The summed E-state index contributed by atoms with van der Waals surface area (Å²) in [6, 6.07) is 1.30. The minimum absolute atomic E-state index is 0.0521. The average Bonchev–Trinajstić information content (AvgIpc) is 2.80. The summed E-state index contributed by atoms with van der Waals surface area (Å²) in [5.41, 5.74) is 6.06. The monoisotopic (exact) mass is 735 g/mol. The van der Waals surface area contributed by atoms with Crippen LogP contribution in [0.1, 0.15) is 41.3 Å². The number of aromatic nitrogens is 4. The van der Waals surface area contributed by atoms with Crippen molar-refractivity contribution in [2.75, 3.05) is 28.7 Å². The number of nitrogen functional groups attached to an aromatic ring is 1. The van der Waals surface area contributed by atoms with E-state index in [2.05, 4.69) is 19.9 Å². The highest BCUT2D eigenvalue weighted by Crippen LogP contribution is 2.48. The molecule has 39 heavy (non-hydrogen) atoms. The fraction of sp³-hybridized carbons (Fsp3) is 0.550. The van der Waals surface area contributed by atoms with Gasteiger partial charge in [-0.1, -0.05) is 6.42 Å². The number of anilines is 1. The number of hydrogen-bond donors (Lipinski definition) is 5. The third kappa shape index (κ3) is 9.52. The van der Waals surface area contributed by atoms with Crippen LogP contribution in [-0.4, -0.2) is 84.9 Å². The molecule has 0 amide bonds. The Morgan fingerprint density at radius 2 is 1.54 bits per heavy atom. The van der Waals surface area contributed by atoms with Gasteiger partial charge in [-0.15, -0.1) is 11.8 Å². The first kappa shape index (κ1) is 32.0. The van der Waals surface area contributed by atoms with E-state index in [1.807, 2.05) is 0 Å². The topological polar surface area (TPSA) is 244 Å². The second kappa shape index (κ2) is 13.4. The van der Waals surface area contributed by atoms with E-state index in [1.165, 1.54) is 6.07 Å².